The first-order chi connectivity index (χ1) is 4.43. The maximum atomic E-state index is 8.34. The van der Waals surface area contributed by atoms with Gasteiger partial charge in [-0.3, -0.25) is 0 Å². The average molecular weight is 124 g/mol. The third-order valence-electron chi connectivity index (χ3n) is 0.922. The first kappa shape index (κ1) is 6.04. The lowest BCUT2D eigenvalue weighted by molar-refractivity contribution is 0.343. The molecule has 9 heavy (non-hydrogen) atoms. The van der Waals surface area contributed by atoms with Crippen molar-refractivity contribution >= 4 is 6.08 Å². The van der Waals surface area contributed by atoms with Gasteiger partial charge in [0.05, 0.1) is 24.8 Å². The summed E-state index contributed by atoms with van der Waals surface area (Å²) in [6, 6.07) is 0. The van der Waals surface area contributed by atoms with Crippen molar-refractivity contribution in [3.05, 3.63) is 24.3 Å². The molecule has 0 amide bonds. The van der Waals surface area contributed by atoms with Crippen molar-refractivity contribution in [3.63, 3.8) is 0 Å². The van der Waals surface area contributed by atoms with Crippen molar-refractivity contribution in [1.29, 1.82) is 0 Å². The van der Waals surface area contributed by atoms with Crippen LogP contribution in [0.3, 0.4) is 0 Å². The van der Waals surface area contributed by atoms with E-state index in [0.29, 0.717) is 0 Å². The van der Waals surface area contributed by atoms with Crippen LogP contribution in [-0.4, -0.2) is 21.7 Å². The van der Waals surface area contributed by atoms with Crippen LogP contribution >= 0.6 is 0 Å². The zero-order chi connectivity index (χ0) is 6.53. The van der Waals surface area contributed by atoms with Gasteiger partial charge in [0.25, 0.3) is 0 Å². The summed E-state index contributed by atoms with van der Waals surface area (Å²) in [5.41, 5.74) is 0.907. The first-order valence-electron chi connectivity index (χ1n) is 2.69. The van der Waals surface area contributed by atoms with Crippen LogP contribution in [0.2, 0.25) is 0 Å². The highest BCUT2D eigenvalue weighted by atomic mass is 16.2. The first-order valence-corrected chi connectivity index (χ1v) is 2.69. The molecule has 0 aromatic carbocycles. The molecule has 1 aromatic rings. The van der Waals surface area contributed by atoms with Crippen LogP contribution in [-0.2, 0) is 0 Å². The van der Waals surface area contributed by atoms with Crippen LogP contribution < -0.4 is 0 Å². The topological polar surface area (TPSA) is 48.9 Å². The number of hydrogen-bond donors (Lipinski definition) is 2. The fraction of sp³-hybridized carbons (Fsp3) is 0.167. The molecule has 0 aliphatic rings. The molecule has 0 aliphatic heterocycles. The third kappa shape index (κ3) is 1.70. The maximum Gasteiger partial charge on any atom is 0.0924 e. The Bertz CT molecular complexity index is 179. The SMILES string of the molecule is OC/C=C/c1cnc[nH]1. The van der Waals surface area contributed by atoms with Gasteiger partial charge in [0.2, 0.25) is 0 Å². The molecular weight excluding hydrogens is 116 g/mol. The van der Waals surface area contributed by atoms with Gasteiger partial charge in [-0.2, -0.15) is 0 Å². The largest absolute Gasteiger partial charge is 0.392 e. The molecule has 0 aliphatic carbocycles. The summed E-state index contributed by atoms with van der Waals surface area (Å²) in [6.07, 6.45) is 6.70. The lowest BCUT2D eigenvalue weighted by Crippen LogP contribution is -1.71. The Morgan fingerprint density at radius 2 is 2.67 bits per heavy atom. The van der Waals surface area contributed by atoms with Crippen molar-refractivity contribution in [2.45, 2.75) is 0 Å². The molecule has 0 unspecified atom stereocenters. The van der Waals surface area contributed by atoms with Crippen LogP contribution in [0.5, 0.6) is 0 Å². The van der Waals surface area contributed by atoms with Crippen LogP contribution in [0.25, 0.3) is 6.08 Å². The second-order valence-corrected chi connectivity index (χ2v) is 1.59. The fourth-order valence-corrected chi connectivity index (χ4v) is 0.537. The molecular formula is C6H8N2O. The second-order valence-electron chi connectivity index (χ2n) is 1.59. The average Bonchev–Trinajstić information content (AvgIpc) is 2.34. The van der Waals surface area contributed by atoms with E-state index in [1.165, 1.54) is 0 Å². The number of rotatable bonds is 2. The van der Waals surface area contributed by atoms with E-state index in [1.807, 2.05) is 0 Å². The number of aromatic amines is 1. The Balaban J connectivity index is 2.57. The Kier molecular flexibility index (Phi) is 2.04. The highest BCUT2D eigenvalue weighted by Crippen LogP contribution is 1.92. The van der Waals surface area contributed by atoms with E-state index in [2.05, 4.69) is 9.97 Å². The predicted molar refractivity (Wildman–Crippen MR) is 34.7 cm³/mol. The summed E-state index contributed by atoms with van der Waals surface area (Å²) in [7, 11) is 0. The zero-order valence-electron chi connectivity index (χ0n) is 4.91. The van der Waals surface area contributed by atoms with Gasteiger partial charge >= 0.3 is 0 Å². The van der Waals surface area contributed by atoms with E-state index in [1.54, 1.807) is 24.7 Å². The summed E-state index contributed by atoms with van der Waals surface area (Å²) >= 11 is 0. The van der Waals surface area contributed by atoms with Gasteiger partial charge in [-0.1, -0.05) is 6.08 Å². The quantitative estimate of drug-likeness (QED) is 0.600. The second kappa shape index (κ2) is 3.04. The molecule has 0 radical (unpaired) electrons. The van der Waals surface area contributed by atoms with E-state index >= 15 is 0 Å². The molecule has 0 saturated heterocycles. The standard InChI is InChI=1S/C6H8N2O/c9-3-1-2-6-4-7-5-8-6/h1-2,4-5,9H,3H2,(H,7,8)/b2-1+. The number of H-pyrrole nitrogens is 1. The minimum atomic E-state index is 0.0685. The monoisotopic (exact) mass is 124 g/mol. The van der Waals surface area contributed by atoms with E-state index < -0.39 is 0 Å². The summed E-state index contributed by atoms with van der Waals surface area (Å²) in [5, 5.41) is 8.34. The smallest absolute Gasteiger partial charge is 0.0924 e. The molecule has 2 N–H and O–H groups in total. The number of nitrogens with zero attached hydrogens (tertiary/aromatic N) is 1. The van der Waals surface area contributed by atoms with Gasteiger partial charge in [-0.05, 0) is 6.08 Å². The third-order valence-corrected chi connectivity index (χ3v) is 0.922. The number of hydrogen-bond acceptors (Lipinski definition) is 2. The number of imidazole rings is 1. The van der Waals surface area contributed by atoms with E-state index in [-0.39, 0.29) is 6.61 Å². The van der Waals surface area contributed by atoms with Crippen molar-refractivity contribution in [1.82, 2.24) is 9.97 Å². The van der Waals surface area contributed by atoms with Crippen molar-refractivity contribution in [3.8, 4) is 0 Å². The van der Waals surface area contributed by atoms with Gasteiger partial charge in [0.1, 0.15) is 0 Å². The van der Waals surface area contributed by atoms with Gasteiger partial charge in [-0.25, -0.2) is 4.98 Å². The number of aromatic nitrogens is 2. The maximum absolute atomic E-state index is 8.34. The fourth-order valence-electron chi connectivity index (χ4n) is 0.537. The summed E-state index contributed by atoms with van der Waals surface area (Å²) in [5.74, 6) is 0. The number of aliphatic hydroxyl groups excluding tert-OH is 1. The van der Waals surface area contributed by atoms with E-state index in [4.69, 9.17) is 5.11 Å². The Hall–Kier alpha value is -1.09. The van der Waals surface area contributed by atoms with Crippen LogP contribution in [0.1, 0.15) is 5.69 Å². The van der Waals surface area contributed by atoms with Crippen LogP contribution in [0.15, 0.2) is 18.6 Å². The van der Waals surface area contributed by atoms with Crippen molar-refractivity contribution < 1.29 is 5.11 Å². The lowest BCUT2D eigenvalue weighted by atomic mass is 10.4. The Labute approximate surface area is 53.1 Å². The van der Waals surface area contributed by atoms with E-state index in [0.717, 1.165) is 5.69 Å². The molecule has 0 fully saturated rings. The molecule has 3 heteroatoms. The minimum absolute atomic E-state index is 0.0685. The summed E-state index contributed by atoms with van der Waals surface area (Å²) < 4.78 is 0. The molecule has 0 bridgehead atoms. The molecule has 0 spiro atoms. The molecule has 3 nitrogen and oxygen atoms in total. The molecule has 0 saturated carbocycles. The predicted octanol–water partition coefficient (Wildman–Crippen LogP) is 0.415. The van der Waals surface area contributed by atoms with Crippen molar-refractivity contribution in [2.24, 2.45) is 0 Å². The van der Waals surface area contributed by atoms with E-state index in [9.17, 15) is 0 Å². The number of aliphatic hydroxyl groups is 1. The highest BCUT2D eigenvalue weighted by Gasteiger charge is 1.81. The normalized spacial score (nSPS) is 10.8. The zero-order valence-corrected chi connectivity index (χ0v) is 4.91. The van der Waals surface area contributed by atoms with Gasteiger partial charge in [-0.15, -0.1) is 0 Å². The molecule has 1 heterocycles. The van der Waals surface area contributed by atoms with Crippen molar-refractivity contribution in [2.75, 3.05) is 6.61 Å². The Morgan fingerprint density at radius 3 is 3.22 bits per heavy atom. The molecule has 1 rings (SSSR count). The van der Waals surface area contributed by atoms with Crippen LogP contribution in [0.4, 0.5) is 0 Å². The highest BCUT2D eigenvalue weighted by molar-refractivity contribution is 5.42. The van der Waals surface area contributed by atoms with Crippen LogP contribution in [0, 0.1) is 0 Å². The minimum Gasteiger partial charge on any atom is -0.392 e. The lowest BCUT2D eigenvalue weighted by Gasteiger charge is -1.79. The summed E-state index contributed by atoms with van der Waals surface area (Å²) in [6.45, 7) is 0.0685. The molecule has 1 aromatic heterocycles. The number of nitrogens with one attached hydrogen (secondary N) is 1. The molecule has 0 atom stereocenters. The Morgan fingerprint density at radius 1 is 1.78 bits per heavy atom. The van der Waals surface area contributed by atoms with Gasteiger partial charge in [0.15, 0.2) is 0 Å². The van der Waals surface area contributed by atoms with Gasteiger partial charge < -0.3 is 10.1 Å². The van der Waals surface area contributed by atoms with Gasteiger partial charge in [0, 0.05) is 0 Å². The summed E-state index contributed by atoms with van der Waals surface area (Å²) in [4.78, 5) is 6.65. The molecule has 48 valence electrons.